The topological polar surface area (TPSA) is 98.6 Å². The molecule has 1 aliphatic heterocycles. The third-order valence-corrected chi connectivity index (χ3v) is 6.32. The molecule has 4 rings (SSSR count). The Balaban J connectivity index is 1.79. The number of carbonyl (C=O) groups is 2. The van der Waals surface area contributed by atoms with E-state index in [1.807, 2.05) is 17.1 Å². The van der Waals surface area contributed by atoms with E-state index in [1.54, 1.807) is 48.7 Å². The predicted molar refractivity (Wildman–Crippen MR) is 126 cm³/mol. The molecule has 1 unspecified atom stereocenters. The van der Waals surface area contributed by atoms with E-state index in [1.165, 1.54) is 19.1 Å². The Kier molecular flexibility index (Phi) is 7.02. The lowest BCUT2D eigenvalue weighted by molar-refractivity contribution is -0.695. The molecule has 9 heteroatoms. The van der Waals surface area contributed by atoms with Gasteiger partial charge in [0.1, 0.15) is 23.9 Å². The zero-order valence-corrected chi connectivity index (χ0v) is 20.4. The minimum Gasteiger partial charge on any atom is -0.872 e. The maximum atomic E-state index is 13.5. The molecule has 1 N–H and O–H groups in total. The lowest BCUT2D eigenvalue weighted by Gasteiger charge is -2.28. The molecule has 2 heterocycles. The molecule has 176 valence electrons. The molecule has 2 aromatic carbocycles. The number of aromatic nitrogens is 2. The lowest BCUT2D eigenvalue weighted by Crippen LogP contribution is -2.36. The number of methoxy groups -OCH3 is 2. The Morgan fingerprint density at radius 2 is 1.91 bits per heavy atom. The highest BCUT2D eigenvalue weighted by molar-refractivity contribution is 9.10. The lowest BCUT2D eigenvalue weighted by atomic mass is 9.94. The first kappa shape index (κ1) is 23.6. The summed E-state index contributed by atoms with van der Waals surface area (Å²) in [7, 11) is 3.04. The fourth-order valence-electron chi connectivity index (χ4n) is 4.11. The summed E-state index contributed by atoms with van der Waals surface area (Å²) in [5.74, 6) is -0.964. The van der Waals surface area contributed by atoms with Crippen LogP contribution in [0, 0.1) is 0 Å². The summed E-state index contributed by atoms with van der Waals surface area (Å²) in [4.78, 5) is 30.7. The van der Waals surface area contributed by atoms with E-state index in [9.17, 15) is 14.7 Å². The largest absolute Gasteiger partial charge is 0.872 e. The van der Waals surface area contributed by atoms with Gasteiger partial charge in [-0.25, -0.2) is 4.57 Å². The summed E-state index contributed by atoms with van der Waals surface area (Å²) in [6, 6.07) is 11.0. The molecule has 1 fully saturated rings. The zero-order valence-electron chi connectivity index (χ0n) is 18.8. The van der Waals surface area contributed by atoms with Crippen molar-refractivity contribution in [1.29, 1.82) is 0 Å². The molecule has 1 aliphatic rings. The summed E-state index contributed by atoms with van der Waals surface area (Å²) in [5, 5.41) is 13.5. The molecule has 0 radical (unpaired) electrons. The number of aromatic amines is 1. The van der Waals surface area contributed by atoms with Crippen molar-refractivity contribution in [3.05, 3.63) is 82.4 Å². The monoisotopic (exact) mass is 525 g/mol. The number of H-pyrrole nitrogens is 1. The predicted octanol–water partition coefficient (Wildman–Crippen LogP) is 2.40. The molecule has 1 amide bonds. The third kappa shape index (κ3) is 4.56. The molecule has 0 aliphatic carbocycles. The molecular weight excluding hydrogens is 502 g/mol. The number of benzene rings is 2. The van der Waals surface area contributed by atoms with E-state index in [0.717, 1.165) is 4.47 Å². The number of Topliss-reactive ketones (excluding diaryl/α,β-unsaturated/α-hetero) is 1. The Morgan fingerprint density at radius 1 is 1.15 bits per heavy atom. The fourth-order valence-corrected chi connectivity index (χ4v) is 4.37. The van der Waals surface area contributed by atoms with Crippen LogP contribution in [0.5, 0.6) is 11.5 Å². The Bertz CT molecular complexity index is 1220. The minimum absolute atomic E-state index is 0.0786. The number of ketones is 1. The van der Waals surface area contributed by atoms with Gasteiger partial charge in [-0.1, -0.05) is 33.8 Å². The van der Waals surface area contributed by atoms with Gasteiger partial charge in [-0.05, 0) is 29.8 Å². The number of rotatable bonds is 8. The second-order valence-electron chi connectivity index (χ2n) is 7.79. The quantitative estimate of drug-likeness (QED) is 0.211. The standard InChI is InChI=1S/C25H24BrN3O5/c1-33-18-8-9-19(20(14-18)34-2)22-21(23(30)16-4-6-17(26)7-5-16)24(31)25(32)29(22)12-3-11-28-13-10-27-15-28/h4-10,13-15,22H,3,11-12H2,1-2H3,(H,30,31). The van der Waals surface area contributed by atoms with Crippen molar-refractivity contribution in [1.82, 2.24) is 9.88 Å². The van der Waals surface area contributed by atoms with Gasteiger partial charge in [0, 0.05) is 34.6 Å². The number of hydrogen-bond acceptors (Lipinski definition) is 5. The van der Waals surface area contributed by atoms with Crippen molar-refractivity contribution in [2.75, 3.05) is 20.8 Å². The number of nitrogens with one attached hydrogen (secondary N) is 1. The average molecular weight is 526 g/mol. The van der Waals surface area contributed by atoms with Crippen LogP contribution in [0.3, 0.4) is 0 Å². The molecular formula is C25H24BrN3O5. The molecule has 3 aromatic rings. The Labute approximate surface area is 205 Å². The van der Waals surface area contributed by atoms with Crippen LogP contribution in [-0.2, 0) is 16.1 Å². The van der Waals surface area contributed by atoms with E-state index in [2.05, 4.69) is 20.9 Å². The van der Waals surface area contributed by atoms with Crippen molar-refractivity contribution in [2.45, 2.75) is 19.0 Å². The van der Waals surface area contributed by atoms with Gasteiger partial charge in [-0.3, -0.25) is 14.6 Å². The van der Waals surface area contributed by atoms with Gasteiger partial charge >= 0.3 is 0 Å². The summed E-state index contributed by atoms with van der Waals surface area (Å²) in [6.45, 7) is 0.934. The number of carbonyl (C=O) groups excluding carboxylic acids is 2. The van der Waals surface area contributed by atoms with Gasteiger partial charge in [0.25, 0.3) is 5.91 Å². The normalized spacial score (nSPS) is 17.3. The van der Waals surface area contributed by atoms with Crippen LogP contribution in [0.15, 0.2) is 71.2 Å². The molecule has 0 spiro atoms. The van der Waals surface area contributed by atoms with Gasteiger partial charge in [0.15, 0.2) is 0 Å². The van der Waals surface area contributed by atoms with Crippen molar-refractivity contribution in [3.8, 4) is 11.5 Å². The van der Waals surface area contributed by atoms with E-state index in [-0.39, 0.29) is 5.57 Å². The molecule has 8 nitrogen and oxygen atoms in total. The molecule has 0 bridgehead atoms. The Morgan fingerprint density at radius 3 is 2.56 bits per heavy atom. The number of amides is 1. The molecule has 1 aromatic heterocycles. The Hall–Kier alpha value is -3.59. The van der Waals surface area contributed by atoms with Crippen molar-refractivity contribution < 1.29 is 28.7 Å². The van der Waals surface area contributed by atoms with Crippen LogP contribution in [-0.4, -0.2) is 42.3 Å². The van der Waals surface area contributed by atoms with Gasteiger partial charge in [-0.2, -0.15) is 0 Å². The van der Waals surface area contributed by atoms with Crippen LogP contribution < -0.4 is 19.1 Å². The summed E-state index contributed by atoms with van der Waals surface area (Å²) >= 11 is 3.35. The summed E-state index contributed by atoms with van der Waals surface area (Å²) < 4.78 is 13.6. The first-order valence-corrected chi connectivity index (χ1v) is 11.5. The zero-order chi connectivity index (χ0) is 24.2. The smallest absolute Gasteiger partial charge is 0.295 e. The first-order chi connectivity index (χ1) is 16.4. The van der Waals surface area contributed by atoms with Crippen LogP contribution in [0.4, 0.5) is 0 Å². The van der Waals surface area contributed by atoms with Crippen LogP contribution in [0.2, 0.25) is 0 Å². The highest BCUT2D eigenvalue weighted by Gasteiger charge is 2.45. The number of imidazole rings is 1. The molecule has 1 atom stereocenters. The highest BCUT2D eigenvalue weighted by Crippen LogP contribution is 2.43. The maximum Gasteiger partial charge on any atom is 0.295 e. The third-order valence-electron chi connectivity index (χ3n) is 5.79. The van der Waals surface area contributed by atoms with E-state index >= 15 is 0 Å². The minimum atomic E-state index is -0.867. The van der Waals surface area contributed by atoms with Gasteiger partial charge in [0.05, 0.1) is 26.8 Å². The van der Waals surface area contributed by atoms with Crippen LogP contribution >= 0.6 is 15.9 Å². The van der Waals surface area contributed by atoms with Crippen LogP contribution in [0.25, 0.3) is 5.76 Å². The van der Waals surface area contributed by atoms with Gasteiger partial charge in [0.2, 0.25) is 12.1 Å². The van der Waals surface area contributed by atoms with Crippen molar-refractivity contribution in [3.63, 3.8) is 0 Å². The average Bonchev–Trinajstić information content (AvgIpc) is 3.46. The molecule has 0 saturated carbocycles. The van der Waals surface area contributed by atoms with Gasteiger partial charge in [-0.15, -0.1) is 0 Å². The second kappa shape index (κ2) is 10.1. The maximum absolute atomic E-state index is 13.5. The SMILES string of the molecule is COc1ccc(C2/C(=C(\[O-])c3ccc(Br)cc3)C(=O)C(=O)N2CCC[n+]2cc[nH]c2)c(OC)c1. The van der Waals surface area contributed by atoms with Crippen molar-refractivity contribution >= 4 is 33.4 Å². The van der Waals surface area contributed by atoms with Crippen molar-refractivity contribution in [2.24, 2.45) is 0 Å². The summed E-state index contributed by atoms with van der Waals surface area (Å²) in [5.41, 5.74) is 0.809. The fraction of sp³-hybridized carbons (Fsp3) is 0.240. The first-order valence-electron chi connectivity index (χ1n) is 10.7. The van der Waals surface area contributed by atoms with Crippen LogP contribution in [0.1, 0.15) is 23.6 Å². The van der Waals surface area contributed by atoms with Gasteiger partial charge < -0.3 is 19.5 Å². The number of ether oxygens (including phenoxy) is 2. The molecule has 1 saturated heterocycles. The number of hydrogen-bond donors (Lipinski definition) is 1. The number of aryl methyl sites for hydroxylation is 1. The van der Waals surface area contributed by atoms with E-state index in [0.29, 0.717) is 42.1 Å². The van der Waals surface area contributed by atoms with E-state index < -0.39 is 23.5 Å². The summed E-state index contributed by atoms with van der Waals surface area (Å²) in [6.07, 6.45) is 6.10. The number of likely N-dealkylation sites (tertiary alicyclic amines) is 1. The highest BCUT2D eigenvalue weighted by atomic mass is 79.9. The molecule has 34 heavy (non-hydrogen) atoms. The van der Waals surface area contributed by atoms with E-state index in [4.69, 9.17) is 9.47 Å². The number of nitrogens with zero attached hydrogens (tertiary/aromatic N) is 2. The second-order valence-corrected chi connectivity index (χ2v) is 8.71. The number of halogens is 1.